The van der Waals surface area contributed by atoms with Gasteiger partial charge in [-0.15, -0.1) is 0 Å². The monoisotopic (exact) mass is 250 g/mol. The van der Waals surface area contributed by atoms with Crippen LogP contribution in [0.25, 0.3) is 0 Å². The Hall–Kier alpha value is -2.04. The fraction of sp³-hybridized carbons (Fsp3) is 0.385. The number of aromatic hydroxyl groups is 1. The second-order valence-electron chi connectivity index (χ2n) is 4.47. The number of phenolic OH excluding ortho intramolecular Hbond substituents is 1. The first-order chi connectivity index (χ1) is 8.32. The van der Waals surface area contributed by atoms with Gasteiger partial charge in [-0.05, 0) is 24.6 Å². The molecule has 0 fully saturated rings. The van der Waals surface area contributed by atoms with Crippen molar-refractivity contribution in [3.05, 3.63) is 29.3 Å². The van der Waals surface area contributed by atoms with Gasteiger partial charge in [0.05, 0.1) is 12.1 Å². The van der Waals surface area contributed by atoms with E-state index in [0.29, 0.717) is 0 Å². The first kappa shape index (κ1) is 14.0. The van der Waals surface area contributed by atoms with Crippen molar-refractivity contribution < 1.29 is 14.7 Å². The van der Waals surface area contributed by atoms with Crippen LogP contribution in [0.15, 0.2) is 18.2 Å². The van der Waals surface area contributed by atoms with Gasteiger partial charge in [-0.2, -0.15) is 0 Å². The molecule has 0 bridgehead atoms. The van der Waals surface area contributed by atoms with E-state index in [1.807, 2.05) is 6.92 Å². The predicted molar refractivity (Wildman–Crippen MR) is 68.5 cm³/mol. The summed E-state index contributed by atoms with van der Waals surface area (Å²) in [5.41, 5.74) is 1.07. The highest BCUT2D eigenvalue weighted by Crippen LogP contribution is 2.19. The zero-order chi connectivity index (χ0) is 13.9. The van der Waals surface area contributed by atoms with Gasteiger partial charge in [0.15, 0.2) is 0 Å². The van der Waals surface area contributed by atoms with Crippen LogP contribution in [0.2, 0.25) is 0 Å². The minimum Gasteiger partial charge on any atom is -0.507 e. The van der Waals surface area contributed by atoms with Crippen LogP contribution in [0.4, 0.5) is 0 Å². The number of likely N-dealkylation sites (N-methyl/N-ethyl adjacent to an activating group) is 2. The number of hydrogen-bond acceptors (Lipinski definition) is 3. The van der Waals surface area contributed by atoms with Crippen LogP contribution in [0.1, 0.15) is 15.9 Å². The van der Waals surface area contributed by atoms with Crippen LogP contribution >= 0.6 is 0 Å². The minimum atomic E-state index is -0.372. The van der Waals surface area contributed by atoms with E-state index in [1.165, 1.54) is 22.9 Å². The molecule has 2 amide bonds. The summed E-state index contributed by atoms with van der Waals surface area (Å²) in [6.45, 7) is 1.81. The summed E-state index contributed by atoms with van der Waals surface area (Å²) in [4.78, 5) is 26.2. The number of benzene rings is 1. The Labute approximate surface area is 107 Å². The third kappa shape index (κ3) is 3.23. The second-order valence-corrected chi connectivity index (χ2v) is 4.47. The molecule has 1 aromatic rings. The van der Waals surface area contributed by atoms with Gasteiger partial charge in [-0.1, -0.05) is 6.07 Å². The summed E-state index contributed by atoms with van der Waals surface area (Å²) in [7, 11) is 4.79. The van der Waals surface area contributed by atoms with Crippen LogP contribution in [0, 0.1) is 6.92 Å². The molecule has 1 aromatic carbocycles. The molecule has 1 N–H and O–H groups in total. The largest absolute Gasteiger partial charge is 0.507 e. The van der Waals surface area contributed by atoms with Crippen molar-refractivity contribution in [2.24, 2.45) is 0 Å². The number of amides is 2. The maximum absolute atomic E-state index is 12.0. The number of rotatable bonds is 3. The van der Waals surface area contributed by atoms with E-state index < -0.39 is 0 Å². The third-order valence-corrected chi connectivity index (χ3v) is 2.60. The van der Waals surface area contributed by atoms with Gasteiger partial charge in [0, 0.05) is 21.1 Å². The lowest BCUT2D eigenvalue weighted by atomic mass is 10.1. The van der Waals surface area contributed by atoms with Gasteiger partial charge in [0.1, 0.15) is 5.75 Å². The maximum Gasteiger partial charge on any atom is 0.257 e. The van der Waals surface area contributed by atoms with Crippen molar-refractivity contribution in [3.63, 3.8) is 0 Å². The Balaban J connectivity index is 2.84. The summed E-state index contributed by atoms with van der Waals surface area (Å²) in [5, 5.41) is 9.71. The van der Waals surface area contributed by atoms with E-state index in [-0.39, 0.29) is 29.7 Å². The van der Waals surface area contributed by atoms with Gasteiger partial charge < -0.3 is 14.9 Å². The highest BCUT2D eigenvalue weighted by Gasteiger charge is 2.18. The lowest BCUT2D eigenvalue weighted by Gasteiger charge is -2.19. The molecule has 5 heteroatoms. The number of carbonyl (C=O) groups is 2. The lowest BCUT2D eigenvalue weighted by molar-refractivity contribution is -0.129. The Morgan fingerprint density at radius 3 is 2.33 bits per heavy atom. The van der Waals surface area contributed by atoms with E-state index in [1.54, 1.807) is 26.2 Å². The molecule has 0 spiro atoms. The van der Waals surface area contributed by atoms with Crippen molar-refractivity contribution in [1.82, 2.24) is 9.80 Å². The van der Waals surface area contributed by atoms with Gasteiger partial charge in [0.2, 0.25) is 5.91 Å². The zero-order valence-corrected chi connectivity index (χ0v) is 11.1. The Bertz CT molecular complexity index is 469. The molecule has 1 rings (SSSR count). The molecule has 0 radical (unpaired) electrons. The standard InChI is InChI=1S/C13H18N2O3/c1-9-5-6-10(11(16)7-9)13(18)15(4)8-12(17)14(2)3/h5-7,16H,8H2,1-4H3. The van der Waals surface area contributed by atoms with Crippen molar-refractivity contribution in [3.8, 4) is 5.75 Å². The van der Waals surface area contributed by atoms with Gasteiger partial charge in [-0.3, -0.25) is 9.59 Å². The SMILES string of the molecule is Cc1ccc(C(=O)N(C)CC(=O)N(C)C)c(O)c1. The molecular formula is C13H18N2O3. The normalized spacial score (nSPS) is 10.0. The maximum atomic E-state index is 12.0. The summed E-state index contributed by atoms with van der Waals surface area (Å²) >= 11 is 0. The minimum absolute atomic E-state index is 0.0147. The van der Waals surface area contributed by atoms with E-state index in [9.17, 15) is 14.7 Å². The first-order valence-electron chi connectivity index (χ1n) is 5.58. The highest BCUT2D eigenvalue weighted by molar-refractivity contribution is 5.98. The molecule has 0 aromatic heterocycles. The summed E-state index contributed by atoms with van der Waals surface area (Å²) in [6.07, 6.45) is 0. The first-order valence-corrected chi connectivity index (χ1v) is 5.58. The van der Waals surface area contributed by atoms with Crippen LogP contribution < -0.4 is 0 Å². The predicted octanol–water partition coefficient (Wildman–Crippen LogP) is 0.861. The van der Waals surface area contributed by atoms with Crippen molar-refractivity contribution in [2.75, 3.05) is 27.7 Å². The van der Waals surface area contributed by atoms with Crippen LogP contribution in [-0.2, 0) is 4.79 Å². The molecule has 0 atom stereocenters. The van der Waals surface area contributed by atoms with E-state index in [0.717, 1.165) is 5.56 Å². The molecule has 0 saturated carbocycles. The second kappa shape index (κ2) is 5.53. The van der Waals surface area contributed by atoms with Gasteiger partial charge in [-0.25, -0.2) is 0 Å². The van der Waals surface area contributed by atoms with E-state index >= 15 is 0 Å². The molecule has 98 valence electrons. The molecule has 0 aliphatic rings. The van der Waals surface area contributed by atoms with Gasteiger partial charge >= 0.3 is 0 Å². The molecule has 18 heavy (non-hydrogen) atoms. The number of hydrogen-bond donors (Lipinski definition) is 1. The Kier molecular flexibility index (Phi) is 4.31. The van der Waals surface area contributed by atoms with Crippen molar-refractivity contribution >= 4 is 11.8 Å². The number of carbonyl (C=O) groups excluding carboxylic acids is 2. The van der Waals surface area contributed by atoms with E-state index in [4.69, 9.17) is 0 Å². The Morgan fingerprint density at radius 2 is 1.83 bits per heavy atom. The van der Waals surface area contributed by atoms with Crippen LogP contribution in [-0.4, -0.2) is 54.4 Å². The fourth-order valence-corrected chi connectivity index (χ4v) is 1.44. The topological polar surface area (TPSA) is 60.9 Å². The van der Waals surface area contributed by atoms with Gasteiger partial charge in [0.25, 0.3) is 5.91 Å². The van der Waals surface area contributed by atoms with Crippen molar-refractivity contribution in [2.45, 2.75) is 6.92 Å². The molecular weight excluding hydrogens is 232 g/mol. The average molecular weight is 250 g/mol. The number of aryl methyl sites for hydroxylation is 1. The van der Waals surface area contributed by atoms with E-state index in [2.05, 4.69) is 0 Å². The molecule has 0 saturated heterocycles. The summed E-state index contributed by atoms with van der Waals surface area (Å²) in [6, 6.07) is 4.83. The highest BCUT2D eigenvalue weighted by atomic mass is 16.3. The quantitative estimate of drug-likeness (QED) is 0.865. The van der Waals surface area contributed by atoms with Crippen molar-refractivity contribution in [1.29, 1.82) is 0 Å². The Morgan fingerprint density at radius 1 is 1.22 bits per heavy atom. The summed E-state index contributed by atoms with van der Waals surface area (Å²) in [5.74, 6) is -0.607. The molecule has 0 aliphatic carbocycles. The van der Waals surface area contributed by atoms with Crippen LogP contribution in [0.5, 0.6) is 5.75 Å². The third-order valence-electron chi connectivity index (χ3n) is 2.60. The number of nitrogens with zero attached hydrogens (tertiary/aromatic N) is 2. The molecule has 0 unspecified atom stereocenters. The molecule has 5 nitrogen and oxygen atoms in total. The smallest absolute Gasteiger partial charge is 0.257 e. The number of phenols is 1. The fourth-order valence-electron chi connectivity index (χ4n) is 1.44. The van der Waals surface area contributed by atoms with Crippen LogP contribution in [0.3, 0.4) is 0 Å². The lowest BCUT2D eigenvalue weighted by Crippen LogP contribution is -2.37. The molecule has 0 aliphatic heterocycles. The average Bonchev–Trinajstić information content (AvgIpc) is 2.27. The molecule has 0 heterocycles. The zero-order valence-electron chi connectivity index (χ0n) is 11.1. The summed E-state index contributed by atoms with van der Waals surface area (Å²) < 4.78 is 0.